The van der Waals surface area contributed by atoms with Crippen LogP contribution in [0.15, 0.2) is 42.7 Å². The molecule has 108 valence electrons. The number of aromatic amines is 1. The monoisotopic (exact) mass is 281 g/mol. The Balaban J connectivity index is 2.21. The van der Waals surface area contributed by atoms with E-state index in [1.165, 1.54) is 0 Å². The van der Waals surface area contributed by atoms with Crippen molar-refractivity contribution in [1.82, 2.24) is 9.97 Å². The summed E-state index contributed by atoms with van der Waals surface area (Å²) in [5.41, 5.74) is 3.59. The number of imidazole rings is 1. The Bertz CT molecular complexity index is 777. The van der Waals surface area contributed by atoms with Crippen LogP contribution in [0.25, 0.3) is 10.8 Å². The molecule has 0 aliphatic carbocycles. The number of anilines is 1. The predicted molar refractivity (Wildman–Crippen MR) is 85.7 cm³/mol. The molecule has 1 aromatic heterocycles. The molecular formula is C17H19N3O. The number of hydrogen-bond donors (Lipinski definition) is 2. The van der Waals surface area contributed by atoms with Crippen LogP contribution in [0.4, 0.5) is 5.69 Å². The van der Waals surface area contributed by atoms with Crippen LogP contribution >= 0.6 is 0 Å². The van der Waals surface area contributed by atoms with Gasteiger partial charge in [0.15, 0.2) is 0 Å². The van der Waals surface area contributed by atoms with Gasteiger partial charge in [-0.05, 0) is 23.9 Å². The van der Waals surface area contributed by atoms with Gasteiger partial charge >= 0.3 is 0 Å². The van der Waals surface area contributed by atoms with Crippen LogP contribution in [0.1, 0.15) is 23.1 Å². The Morgan fingerprint density at radius 3 is 2.43 bits per heavy atom. The molecule has 3 aromatic rings. The van der Waals surface area contributed by atoms with Crippen molar-refractivity contribution in [3.8, 4) is 0 Å². The van der Waals surface area contributed by atoms with E-state index in [1.54, 1.807) is 6.33 Å². The fourth-order valence-corrected chi connectivity index (χ4v) is 2.73. The summed E-state index contributed by atoms with van der Waals surface area (Å²) in [4.78, 5) is 9.34. The Kier molecular flexibility index (Phi) is 3.39. The number of benzene rings is 2. The summed E-state index contributed by atoms with van der Waals surface area (Å²) in [6.07, 6.45) is 0.891. The standard InChI is InChI=1S/C17H19N3O/c1-11-16(19-10-18-11)17(21)14-8-9-15(20(2)3)13-7-5-4-6-12(13)14/h4-10,17,21H,1-3H3,(H,18,19). The molecule has 0 fully saturated rings. The number of hydrogen-bond acceptors (Lipinski definition) is 3. The van der Waals surface area contributed by atoms with Crippen molar-refractivity contribution in [2.45, 2.75) is 13.0 Å². The van der Waals surface area contributed by atoms with Gasteiger partial charge in [-0.25, -0.2) is 4.98 Å². The molecule has 0 radical (unpaired) electrons. The molecule has 1 heterocycles. The van der Waals surface area contributed by atoms with Crippen molar-refractivity contribution in [2.75, 3.05) is 19.0 Å². The lowest BCUT2D eigenvalue weighted by molar-refractivity contribution is 0.216. The first-order valence-corrected chi connectivity index (χ1v) is 6.96. The predicted octanol–water partition coefficient (Wildman–Crippen LogP) is 3.02. The maximum atomic E-state index is 10.7. The number of aryl methyl sites for hydroxylation is 1. The van der Waals surface area contributed by atoms with E-state index in [0.29, 0.717) is 5.69 Å². The zero-order valence-electron chi connectivity index (χ0n) is 12.5. The zero-order valence-corrected chi connectivity index (χ0v) is 12.5. The molecule has 4 heteroatoms. The van der Waals surface area contributed by atoms with Crippen LogP contribution in [0, 0.1) is 6.92 Å². The number of H-pyrrole nitrogens is 1. The SMILES string of the molecule is Cc1[nH]cnc1C(O)c1ccc(N(C)C)c2ccccc12. The minimum Gasteiger partial charge on any atom is -0.382 e. The van der Waals surface area contributed by atoms with Gasteiger partial charge in [0.1, 0.15) is 6.10 Å². The maximum Gasteiger partial charge on any atom is 0.123 e. The highest BCUT2D eigenvalue weighted by Gasteiger charge is 2.19. The number of aromatic nitrogens is 2. The molecule has 0 amide bonds. The van der Waals surface area contributed by atoms with E-state index < -0.39 is 6.10 Å². The molecule has 0 aliphatic rings. The lowest BCUT2D eigenvalue weighted by Gasteiger charge is -2.19. The summed E-state index contributed by atoms with van der Waals surface area (Å²) < 4.78 is 0. The second kappa shape index (κ2) is 5.22. The number of nitrogens with one attached hydrogen (secondary N) is 1. The number of rotatable bonds is 3. The van der Waals surface area contributed by atoms with Crippen LogP contribution in [0.5, 0.6) is 0 Å². The molecule has 2 N–H and O–H groups in total. The van der Waals surface area contributed by atoms with Crippen molar-refractivity contribution in [3.05, 3.63) is 59.7 Å². The quantitative estimate of drug-likeness (QED) is 0.776. The molecule has 0 saturated heterocycles. The number of aliphatic hydroxyl groups excluding tert-OH is 1. The first-order valence-electron chi connectivity index (χ1n) is 6.96. The summed E-state index contributed by atoms with van der Waals surface area (Å²) in [6.45, 7) is 1.92. The van der Waals surface area contributed by atoms with Gasteiger partial charge in [0.2, 0.25) is 0 Å². The minimum atomic E-state index is -0.725. The molecular weight excluding hydrogens is 262 g/mol. The van der Waals surface area contributed by atoms with Gasteiger partial charge in [-0.2, -0.15) is 0 Å². The number of nitrogens with zero attached hydrogens (tertiary/aromatic N) is 2. The third-order valence-corrected chi connectivity index (χ3v) is 3.84. The van der Waals surface area contributed by atoms with E-state index in [4.69, 9.17) is 0 Å². The third-order valence-electron chi connectivity index (χ3n) is 3.84. The van der Waals surface area contributed by atoms with E-state index >= 15 is 0 Å². The van der Waals surface area contributed by atoms with Gasteiger partial charge in [0.25, 0.3) is 0 Å². The number of fused-ring (bicyclic) bond motifs is 1. The van der Waals surface area contributed by atoms with Crippen molar-refractivity contribution < 1.29 is 5.11 Å². The van der Waals surface area contributed by atoms with E-state index in [-0.39, 0.29) is 0 Å². The largest absolute Gasteiger partial charge is 0.382 e. The molecule has 1 atom stereocenters. The molecule has 0 aliphatic heterocycles. The fourth-order valence-electron chi connectivity index (χ4n) is 2.73. The van der Waals surface area contributed by atoms with Gasteiger partial charge in [-0.3, -0.25) is 0 Å². The Morgan fingerprint density at radius 2 is 1.81 bits per heavy atom. The number of aliphatic hydroxyl groups is 1. The molecule has 21 heavy (non-hydrogen) atoms. The van der Waals surface area contributed by atoms with Crippen molar-refractivity contribution >= 4 is 16.5 Å². The highest BCUT2D eigenvalue weighted by molar-refractivity contribution is 5.96. The first kappa shape index (κ1) is 13.6. The van der Waals surface area contributed by atoms with Crippen LogP contribution < -0.4 is 4.90 Å². The lowest BCUT2D eigenvalue weighted by atomic mass is 9.96. The summed E-state index contributed by atoms with van der Waals surface area (Å²) >= 11 is 0. The van der Waals surface area contributed by atoms with Gasteiger partial charge in [-0.15, -0.1) is 0 Å². The summed E-state index contributed by atoms with van der Waals surface area (Å²) in [5.74, 6) is 0. The van der Waals surface area contributed by atoms with Crippen molar-refractivity contribution in [2.24, 2.45) is 0 Å². The molecule has 0 saturated carbocycles. The van der Waals surface area contributed by atoms with Crippen molar-refractivity contribution in [1.29, 1.82) is 0 Å². The van der Waals surface area contributed by atoms with E-state index in [9.17, 15) is 5.11 Å². The summed E-state index contributed by atoms with van der Waals surface area (Å²) in [6, 6.07) is 12.2. The van der Waals surface area contributed by atoms with Gasteiger partial charge in [0.05, 0.1) is 12.0 Å². The molecule has 0 bridgehead atoms. The Hall–Kier alpha value is -2.33. The molecule has 2 aromatic carbocycles. The first-order chi connectivity index (χ1) is 10.1. The Labute approximate surface area is 124 Å². The summed E-state index contributed by atoms with van der Waals surface area (Å²) in [7, 11) is 4.05. The smallest absolute Gasteiger partial charge is 0.123 e. The van der Waals surface area contributed by atoms with Gasteiger partial charge in [-0.1, -0.05) is 30.3 Å². The maximum absolute atomic E-state index is 10.7. The molecule has 4 nitrogen and oxygen atoms in total. The zero-order chi connectivity index (χ0) is 15.0. The lowest BCUT2D eigenvalue weighted by Crippen LogP contribution is -2.10. The van der Waals surface area contributed by atoms with Gasteiger partial charge in [0, 0.05) is 30.9 Å². The molecule has 1 unspecified atom stereocenters. The average molecular weight is 281 g/mol. The normalized spacial score (nSPS) is 12.6. The second-order valence-electron chi connectivity index (χ2n) is 5.43. The molecule has 3 rings (SSSR count). The van der Waals surface area contributed by atoms with E-state index in [0.717, 1.165) is 27.7 Å². The van der Waals surface area contributed by atoms with E-state index in [1.807, 2.05) is 51.4 Å². The Morgan fingerprint density at radius 1 is 1.10 bits per heavy atom. The highest BCUT2D eigenvalue weighted by Crippen LogP contribution is 2.34. The second-order valence-corrected chi connectivity index (χ2v) is 5.43. The van der Waals surface area contributed by atoms with E-state index in [2.05, 4.69) is 20.9 Å². The average Bonchev–Trinajstić information content (AvgIpc) is 2.91. The van der Waals surface area contributed by atoms with Crippen molar-refractivity contribution in [3.63, 3.8) is 0 Å². The highest BCUT2D eigenvalue weighted by atomic mass is 16.3. The summed E-state index contributed by atoms with van der Waals surface area (Å²) in [5, 5.41) is 12.9. The minimum absolute atomic E-state index is 0.678. The molecule has 0 spiro atoms. The van der Waals surface area contributed by atoms with Crippen LogP contribution in [0.3, 0.4) is 0 Å². The van der Waals surface area contributed by atoms with Crippen LogP contribution in [-0.2, 0) is 0 Å². The van der Waals surface area contributed by atoms with Crippen LogP contribution in [0.2, 0.25) is 0 Å². The van der Waals surface area contributed by atoms with Crippen LogP contribution in [-0.4, -0.2) is 29.2 Å². The fraction of sp³-hybridized carbons (Fsp3) is 0.235. The third kappa shape index (κ3) is 2.28. The topological polar surface area (TPSA) is 52.1 Å². The van der Waals surface area contributed by atoms with Gasteiger partial charge < -0.3 is 15.0 Å².